The molecule has 1 aliphatic rings. The molecule has 2 nitrogen and oxygen atoms in total. The molecule has 17 heavy (non-hydrogen) atoms. The van der Waals surface area contributed by atoms with Crippen LogP contribution in [0.2, 0.25) is 5.02 Å². The molecule has 3 heteroatoms. The predicted octanol–water partition coefficient (Wildman–Crippen LogP) is 3.25. The number of rotatable bonds is 3. The van der Waals surface area contributed by atoms with Crippen molar-refractivity contribution in [3.05, 3.63) is 34.9 Å². The quantitative estimate of drug-likeness (QED) is 0.894. The maximum Gasteiger partial charge on any atom is 0.0695 e. The number of hydrogen-bond donors (Lipinski definition) is 1. The van der Waals surface area contributed by atoms with Crippen LogP contribution in [0.4, 0.5) is 0 Å². The Labute approximate surface area is 108 Å². The van der Waals surface area contributed by atoms with E-state index in [4.69, 9.17) is 11.6 Å². The van der Waals surface area contributed by atoms with Crippen LogP contribution in [0.25, 0.3) is 0 Å². The summed E-state index contributed by atoms with van der Waals surface area (Å²) in [5.41, 5.74) is 1.13. The molecular formula is C14H20ClNO. The molecule has 94 valence electrons. The van der Waals surface area contributed by atoms with E-state index in [1.165, 1.54) is 0 Å². The van der Waals surface area contributed by atoms with Crippen LogP contribution in [0, 0.1) is 0 Å². The van der Waals surface area contributed by atoms with E-state index in [2.05, 4.69) is 24.9 Å². The lowest BCUT2D eigenvalue weighted by atomic mass is 10.0. The van der Waals surface area contributed by atoms with Crippen molar-refractivity contribution >= 4 is 11.6 Å². The zero-order chi connectivity index (χ0) is 12.4. The number of aliphatic hydroxyl groups excluding tert-OH is 1. The van der Waals surface area contributed by atoms with Gasteiger partial charge in [0.1, 0.15) is 0 Å². The van der Waals surface area contributed by atoms with Gasteiger partial charge in [-0.3, -0.25) is 4.90 Å². The summed E-state index contributed by atoms with van der Waals surface area (Å²) in [6, 6.07) is 8.44. The lowest BCUT2D eigenvalue weighted by Crippen LogP contribution is -2.39. The molecule has 1 aliphatic carbocycles. The third-order valence-corrected chi connectivity index (χ3v) is 4.28. The van der Waals surface area contributed by atoms with E-state index in [0.29, 0.717) is 0 Å². The average Bonchev–Trinajstić information content (AvgIpc) is 2.74. The van der Waals surface area contributed by atoms with Crippen molar-refractivity contribution < 1.29 is 5.11 Å². The highest BCUT2D eigenvalue weighted by molar-refractivity contribution is 6.31. The van der Waals surface area contributed by atoms with Crippen molar-refractivity contribution in [2.75, 3.05) is 7.05 Å². The fourth-order valence-electron chi connectivity index (χ4n) is 2.72. The molecule has 1 saturated carbocycles. The molecule has 1 aromatic carbocycles. The lowest BCUT2D eigenvalue weighted by Gasteiger charge is -2.33. The fourth-order valence-corrected chi connectivity index (χ4v) is 3.01. The summed E-state index contributed by atoms with van der Waals surface area (Å²) in [4.78, 5) is 2.25. The molecule has 0 aromatic heterocycles. The van der Waals surface area contributed by atoms with Crippen molar-refractivity contribution in [1.82, 2.24) is 4.90 Å². The Morgan fingerprint density at radius 3 is 2.65 bits per heavy atom. The summed E-state index contributed by atoms with van der Waals surface area (Å²) in [7, 11) is 2.08. The zero-order valence-electron chi connectivity index (χ0n) is 10.4. The molecule has 0 bridgehead atoms. The summed E-state index contributed by atoms with van der Waals surface area (Å²) >= 11 is 6.22. The molecule has 0 radical (unpaired) electrons. The second-order valence-corrected chi connectivity index (χ2v) is 5.34. The monoisotopic (exact) mass is 253 g/mol. The average molecular weight is 254 g/mol. The Balaban J connectivity index is 2.14. The maximum absolute atomic E-state index is 9.95. The highest BCUT2D eigenvalue weighted by Crippen LogP contribution is 2.32. The first-order valence-electron chi connectivity index (χ1n) is 6.25. The van der Waals surface area contributed by atoms with E-state index in [9.17, 15) is 5.11 Å². The van der Waals surface area contributed by atoms with Crippen molar-refractivity contribution in [3.8, 4) is 0 Å². The van der Waals surface area contributed by atoms with Crippen LogP contribution in [0.3, 0.4) is 0 Å². The summed E-state index contributed by atoms with van der Waals surface area (Å²) < 4.78 is 0. The predicted molar refractivity (Wildman–Crippen MR) is 71.3 cm³/mol. The number of hydrogen-bond acceptors (Lipinski definition) is 2. The van der Waals surface area contributed by atoms with Crippen LogP contribution >= 0.6 is 11.6 Å². The maximum atomic E-state index is 9.95. The van der Waals surface area contributed by atoms with Gasteiger partial charge >= 0.3 is 0 Å². The second-order valence-electron chi connectivity index (χ2n) is 4.93. The highest BCUT2D eigenvalue weighted by Gasteiger charge is 2.31. The molecule has 0 aliphatic heterocycles. The zero-order valence-corrected chi connectivity index (χ0v) is 11.2. The van der Waals surface area contributed by atoms with E-state index in [1.807, 2.05) is 18.2 Å². The molecule has 1 unspecified atom stereocenters. The van der Waals surface area contributed by atoms with Crippen LogP contribution in [0.15, 0.2) is 24.3 Å². The van der Waals surface area contributed by atoms with Crippen LogP contribution in [-0.2, 0) is 0 Å². The smallest absolute Gasteiger partial charge is 0.0695 e. The standard InChI is InChI=1S/C14H20ClNO/c1-10(11-6-3-4-7-12(11)15)16(2)13-8-5-9-14(13)17/h3-4,6-7,10,13-14,17H,5,8-9H2,1-2H3/t10?,13-,14-/m0/s1. The fraction of sp³-hybridized carbons (Fsp3) is 0.571. The van der Waals surface area contributed by atoms with E-state index in [0.717, 1.165) is 29.8 Å². The summed E-state index contributed by atoms with van der Waals surface area (Å²) in [5, 5.41) is 10.8. The molecule has 0 heterocycles. The SMILES string of the molecule is CC(c1ccccc1Cl)N(C)[C@H]1CCC[C@@H]1O. The van der Waals surface area contributed by atoms with Crippen molar-refractivity contribution in [1.29, 1.82) is 0 Å². The first-order valence-corrected chi connectivity index (χ1v) is 6.63. The lowest BCUT2D eigenvalue weighted by molar-refractivity contribution is 0.0655. The topological polar surface area (TPSA) is 23.5 Å². The minimum absolute atomic E-state index is 0.190. The largest absolute Gasteiger partial charge is 0.391 e. The molecule has 1 fully saturated rings. The molecule has 3 atom stereocenters. The third-order valence-electron chi connectivity index (χ3n) is 3.93. The van der Waals surface area contributed by atoms with Gasteiger partial charge in [-0.1, -0.05) is 29.8 Å². The van der Waals surface area contributed by atoms with Gasteiger partial charge in [0.2, 0.25) is 0 Å². The summed E-state index contributed by atoms with van der Waals surface area (Å²) in [6.45, 7) is 2.15. The molecule has 0 amide bonds. The van der Waals surface area contributed by atoms with Gasteiger partial charge in [0.05, 0.1) is 6.10 Å². The number of halogens is 1. The van der Waals surface area contributed by atoms with Crippen LogP contribution < -0.4 is 0 Å². The first kappa shape index (κ1) is 12.9. The number of likely N-dealkylation sites (N-methyl/N-ethyl adjacent to an activating group) is 1. The molecule has 1 aromatic rings. The van der Waals surface area contributed by atoms with E-state index in [1.54, 1.807) is 0 Å². The van der Waals surface area contributed by atoms with Gasteiger partial charge in [0, 0.05) is 17.1 Å². The molecule has 0 saturated heterocycles. The molecule has 2 rings (SSSR count). The van der Waals surface area contributed by atoms with Gasteiger partial charge in [0.25, 0.3) is 0 Å². The van der Waals surface area contributed by atoms with Crippen molar-refractivity contribution in [2.45, 2.75) is 44.4 Å². The van der Waals surface area contributed by atoms with E-state index >= 15 is 0 Å². The van der Waals surface area contributed by atoms with Crippen LogP contribution in [0.5, 0.6) is 0 Å². The second kappa shape index (κ2) is 5.38. The van der Waals surface area contributed by atoms with Crippen molar-refractivity contribution in [2.24, 2.45) is 0 Å². The van der Waals surface area contributed by atoms with E-state index in [-0.39, 0.29) is 18.2 Å². The first-order chi connectivity index (χ1) is 8.11. The number of benzene rings is 1. The van der Waals surface area contributed by atoms with Gasteiger partial charge in [0.15, 0.2) is 0 Å². The molecule has 0 spiro atoms. The van der Waals surface area contributed by atoms with Crippen LogP contribution in [-0.4, -0.2) is 29.2 Å². The van der Waals surface area contributed by atoms with E-state index < -0.39 is 0 Å². The summed E-state index contributed by atoms with van der Waals surface area (Å²) in [6.07, 6.45) is 2.92. The van der Waals surface area contributed by atoms with Gasteiger partial charge in [-0.2, -0.15) is 0 Å². The minimum atomic E-state index is -0.190. The van der Waals surface area contributed by atoms with Gasteiger partial charge in [-0.25, -0.2) is 0 Å². The Hall–Kier alpha value is -0.570. The Morgan fingerprint density at radius 1 is 1.35 bits per heavy atom. The van der Waals surface area contributed by atoms with Gasteiger partial charge in [-0.05, 0) is 44.9 Å². The Kier molecular flexibility index (Phi) is 4.08. The highest BCUT2D eigenvalue weighted by atomic mass is 35.5. The third kappa shape index (κ3) is 2.65. The number of nitrogens with zero attached hydrogens (tertiary/aromatic N) is 1. The Morgan fingerprint density at radius 2 is 2.06 bits per heavy atom. The molecule has 1 N–H and O–H groups in total. The van der Waals surface area contributed by atoms with Gasteiger partial charge < -0.3 is 5.11 Å². The normalized spacial score (nSPS) is 26.4. The van der Waals surface area contributed by atoms with Crippen LogP contribution in [0.1, 0.15) is 37.8 Å². The van der Waals surface area contributed by atoms with Gasteiger partial charge in [-0.15, -0.1) is 0 Å². The molecular weight excluding hydrogens is 234 g/mol. The minimum Gasteiger partial charge on any atom is -0.391 e. The Bertz CT molecular complexity index is 382. The number of aliphatic hydroxyl groups is 1. The summed E-state index contributed by atoms with van der Waals surface area (Å²) in [5.74, 6) is 0. The van der Waals surface area contributed by atoms with Crippen molar-refractivity contribution in [3.63, 3.8) is 0 Å².